The quantitative estimate of drug-likeness (QED) is 0.184. The van der Waals surface area contributed by atoms with Gasteiger partial charge in [-0.3, -0.25) is 4.57 Å². The van der Waals surface area contributed by atoms with Crippen LogP contribution in [0.2, 0.25) is 0 Å². The molecule has 0 atom stereocenters. The molecular formula is C31H28F3N5O3S. The maximum absolute atomic E-state index is 12.5. The van der Waals surface area contributed by atoms with Crippen LogP contribution in [0.3, 0.4) is 0 Å². The van der Waals surface area contributed by atoms with E-state index in [1.807, 2.05) is 47.3 Å². The maximum atomic E-state index is 12.5. The van der Waals surface area contributed by atoms with Crippen molar-refractivity contribution in [1.82, 2.24) is 19.3 Å². The smallest absolute Gasteiger partial charge is 0.448 e. The number of amides is 1. The molecule has 3 aromatic carbocycles. The van der Waals surface area contributed by atoms with Crippen molar-refractivity contribution in [3.05, 3.63) is 106 Å². The zero-order chi connectivity index (χ0) is 30.6. The van der Waals surface area contributed by atoms with Crippen molar-refractivity contribution in [2.45, 2.75) is 39.5 Å². The number of halogens is 3. The molecule has 0 aliphatic heterocycles. The molecule has 43 heavy (non-hydrogen) atoms. The molecule has 8 nitrogen and oxygen atoms in total. The van der Waals surface area contributed by atoms with E-state index < -0.39 is 12.5 Å². The molecule has 5 aromatic rings. The highest BCUT2D eigenvalue weighted by Crippen LogP contribution is 2.25. The highest BCUT2D eigenvalue weighted by atomic mass is 32.1. The SMILES string of the molecule is Cc1ccc(C(C)C)c(-n2ccs/c2=N\C(=O)OCCc2ccc(-c3ncn(-c4ccc(OC(F)(F)F)cc4)n3)cc2)c1. The second-order valence-electron chi connectivity index (χ2n) is 10.0. The van der Waals surface area contributed by atoms with Gasteiger partial charge in [0, 0.05) is 23.6 Å². The van der Waals surface area contributed by atoms with Gasteiger partial charge in [0.05, 0.1) is 18.0 Å². The third-order valence-corrected chi connectivity index (χ3v) is 7.26. The number of hydrogen-bond donors (Lipinski definition) is 0. The van der Waals surface area contributed by atoms with E-state index in [-0.39, 0.29) is 12.4 Å². The van der Waals surface area contributed by atoms with Crippen LogP contribution >= 0.6 is 11.3 Å². The molecule has 0 aliphatic rings. The molecule has 12 heteroatoms. The minimum Gasteiger partial charge on any atom is -0.448 e. The Balaban J connectivity index is 1.18. The number of thiazole rings is 1. The normalized spacial score (nSPS) is 12.1. The summed E-state index contributed by atoms with van der Waals surface area (Å²) in [5.74, 6) is 0.443. The fourth-order valence-corrected chi connectivity index (χ4v) is 5.10. The van der Waals surface area contributed by atoms with Crippen molar-refractivity contribution in [2.75, 3.05) is 6.61 Å². The molecule has 1 amide bonds. The Morgan fingerprint density at radius 3 is 2.49 bits per heavy atom. The van der Waals surface area contributed by atoms with Gasteiger partial charge in [-0.05, 0) is 59.9 Å². The van der Waals surface area contributed by atoms with Crippen molar-refractivity contribution in [3.63, 3.8) is 0 Å². The molecule has 0 saturated heterocycles. The maximum Gasteiger partial charge on any atom is 0.573 e. The summed E-state index contributed by atoms with van der Waals surface area (Å²) in [6.45, 7) is 6.45. The molecule has 0 saturated carbocycles. The summed E-state index contributed by atoms with van der Waals surface area (Å²) >= 11 is 1.37. The van der Waals surface area contributed by atoms with Gasteiger partial charge in [0.15, 0.2) is 5.82 Å². The third kappa shape index (κ3) is 7.58. The number of carbonyl (C=O) groups excluding carboxylic acids is 1. The molecule has 5 rings (SSSR count). The number of aromatic nitrogens is 4. The van der Waals surface area contributed by atoms with E-state index in [0.717, 1.165) is 27.9 Å². The van der Waals surface area contributed by atoms with Crippen LogP contribution in [0.15, 0.2) is 89.6 Å². The first kappa shape index (κ1) is 29.8. The van der Waals surface area contributed by atoms with Crippen molar-refractivity contribution in [2.24, 2.45) is 4.99 Å². The number of alkyl halides is 3. The van der Waals surface area contributed by atoms with E-state index in [1.165, 1.54) is 46.6 Å². The van der Waals surface area contributed by atoms with Crippen molar-refractivity contribution < 1.29 is 27.4 Å². The topological polar surface area (TPSA) is 83.5 Å². The third-order valence-electron chi connectivity index (χ3n) is 6.50. The first-order valence-electron chi connectivity index (χ1n) is 13.4. The molecule has 2 heterocycles. The van der Waals surface area contributed by atoms with Gasteiger partial charge in [0.25, 0.3) is 0 Å². The molecule has 222 valence electrons. The number of rotatable bonds is 8. The van der Waals surface area contributed by atoms with Crippen LogP contribution in [0.4, 0.5) is 18.0 Å². The Bertz CT molecular complexity index is 1770. The lowest BCUT2D eigenvalue weighted by molar-refractivity contribution is -0.274. The first-order valence-corrected chi connectivity index (χ1v) is 14.3. The highest BCUT2D eigenvalue weighted by Gasteiger charge is 2.31. The minimum absolute atomic E-state index is 0.162. The fraction of sp³-hybridized carbons (Fsp3) is 0.226. The number of ether oxygens (including phenoxy) is 2. The molecule has 0 unspecified atom stereocenters. The lowest BCUT2D eigenvalue weighted by Crippen LogP contribution is -2.17. The van der Waals surface area contributed by atoms with Gasteiger partial charge in [-0.25, -0.2) is 14.5 Å². The van der Waals surface area contributed by atoms with E-state index >= 15 is 0 Å². The molecular weight excluding hydrogens is 579 g/mol. The van der Waals surface area contributed by atoms with Crippen LogP contribution in [0.5, 0.6) is 5.75 Å². The largest absolute Gasteiger partial charge is 0.573 e. The molecule has 0 fully saturated rings. The number of nitrogens with zero attached hydrogens (tertiary/aromatic N) is 5. The average molecular weight is 608 g/mol. The van der Waals surface area contributed by atoms with Gasteiger partial charge < -0.3 is 9.47 Å². The van der Waals surface area contributed by atoms with E-state index in [2.05, 4.69) is 51.9 Å². The minimum atomic E-state index is -4.75. The molecule has 0 spiro atoms. The van der Waals surface area contributed by atoms with Gasteiger partial charge >= 0.3 is 12.5 Å². The van der Waals surface area contributed by atoms with E-state index in [1.54, 1.807) is 0 Å². The Morgan fingerprint density at radius 1 is 1.05 bits per heavy atom. The summed E-state index contributed by atoms with van der Waals surface area (Å²) in [6.07, 6.45) is -1.53. The predicted molar refractivity (Wildman–Crippen MR) is 157 cm³/mol. The van der Waals surface area contributed by atoms with Crippen molar-refractivity contribution in [3.8, 4) is 28.5 Å². The molecule has 2 aromatic heterocycles. The number of hydrogen-bond acceptors (Lipinski definition) is 6. The summed E-state index contributed by atoms with van der Waals surface area (Å²) < 4.78 is 49.8. The van der Waals surface area contributed by atoms with Crippen molar-refractivity contribution >= 4 is 17.4 Å². The van der Waals surface area contributed by atoms with Crippen LogP contribution in [-0.4, -0.2) is 38.4 Å². The molecule has 0 aliphatic carbocycles. The lowest BCUT2D eigenvalue weighted by atomic mass is 9.99. The van der Waals surface area contributed by atoms with E-state index in [9.17, 15) is 18.0 Å². The van der Waals surface area contributed by atoms with Crippen LogP contribution in [0.1, 0.15) is 36.5 Å². The Labute approximate surface area is 249 Å². The lowest BCUT2D eigenvalue weighted by Gasteiger charge is -2.14. The van der Waals surface area contributed by atoms with E-state index in [4.69, 9.17) is 4.74 Å². The summed E-state index contributed by atoms with van der Waals surface area (Å²) in [4.78, 5) is 21.6. The molecule has 0 N–H and O–H groups in total. The zero-order valence-corrected chi connectivity index (χ0v) is 24.4. The van der Waals surface area contributed by atoms with Crippen molar-refractivity contribution in [1.29, 1.82) is 0 Å². The Morgan fingerprint density at radius 2 is 1.79 bits per heavy atom. The second-order valence-corrected chi connectivity index (χ2v) is 10.9. The van der Waals surface area contributed by atoms with Crippen LogP contribution < -0.4 is 9.54 Å². The number of aryl methyl sites for hydroxylation is 1. The standard InChI is InChI=1S/C31H28F3N5O3S/c1-20(2)26-13-4-21(3)18-27(26)38-15-17-43-29(38)36-30(40)41-16-14-22-5-7-23(8-6-22)28-35-19-39(37-28)24-9-11-25(12-10-24)42-31(32,33)34/h4-13,15,17-20H,14,16H2,1-3H3/b36-29-. The Kier molecular flexibility index (Phi) is 8.76. The first-order chi connectivity index (χ1) is 20.6. The molecule has 0 bridgehead atoms. The van der Waals surface area contributed by atoms with Gasteiger partial charge in [-0.15, -0.1) is 34.6 Å². The highest BCUT2D eigenvalue weighted by molar-refractivity contribution is 7.07. The Hall–Kier alpha value is -4.71. The monoisotopic (exact) mass is 607 g/mol. The van der Waals surface area contributed by atoms with Crippen LogP contribution in [0.25, 0.3) is 22.8 Å². The van der Waals surface area contributed by atoms with E-state index in [0.29, 0.717) is 28.7 Å². The fourth-order valence-electron chi connectivity index (χ4n) is 4.39. The number of carbonyl (C=O) groups is 1. The van der Waals surface area contributed by atoms with Gasteiger partial charge in [0.1, 0.15) is 12.1 Å². The predicted octanol–water partition coefficient (Wildman–Crippen LogP) is 7.40. The van der Waals surface area contributed by atoms with Crippen LogP contribution in [0, 0.1) is 6.92 Å². The van der Waals surface area contributed by atoms with Gasteiger partial charge in [0.2, 0.25) is 4.80 Å². The zero-order valence-electron chi connectivity index (χ0n) is 23.6. The average Bonchev–Trinajstić information content (AvgIpc) is 3.63. The summed E-state index contributed by atoms with van der Waals surface area (Å²) in [5.41, 5.74) is 5.52. The second kappa shape index (κ2) is 12.7. The summed E-state index contributed by atoms with van der Waals surface area (Å²) in [7, 11) is 0. The molecule has 0 radical (unpaired) electrons. The summed E-state index contributed by atoms with van der Waals surface area (Å²) in [5, 5.41) is 6.30. The summed E-state index contributed by atoms with van der Waals surface area (Å²) in [6, 6.07) is 19.1. The van der Waals surface area contributed by atoms with Gasteiger partial charge in [-0.1, -0.05) is 50.2 Å². The number of benzene rings is 3. The van der Waals surface area contributed by atoms with Crippen LogP contribution in [-0.2, 0) is 11.2 Å². The van der Waals surface area contributed by atoms with Gasteiger partial charge in [-0.2, -0.15) is 0 Å².